The van der Waals surface area contributed by atoms with Gasteiger partial charge in [-0.1, -0.05) is 6.92 Å². The number of aromatic hydroxyl groups is 1. The van der Waals surface area contributed by atoms with Crippen LogP contribution >= 0.6 is 0 Å². The first kappa shape index (κ1) is 23.8. The molecule has 182 valence electrons. The van der Waals surface area contributed by atoms with Gasteiger partial charge in [-0.3, -0.25) is 19.3 Å². The Bertz CT molecular complexity index is 1200. The monoisotopic (exact) mass is 471 g/mol. The lowest BCUT2D eigenvalue weighted by atomic mass is 9.53. The van der Waals surface area contributed by atoms with Gasteiger partial charge in [-0.05, 0) is 50.0 Å². The molecule has 0 bridgehead atoms. The summed E-state index contributed by atoms with van der Waals surface area (Å²) < 4.78 is 0. The number of aliphatic hydroxyl groups is 3. The van der Waals surface area contributed by atoms with Gasteiger partial charge in [-0.2, -0.15) is 0 Å². The van der Waals surface area contributed by atoms with Crippen LogP contribution in [0.5, 0.6) is 5.75 Å². The van der Waals surface area contributed by atoms with Gasteiger partial charge in [0.25, 0.3) is 5.91 Å². The van der Waals surface area contributed by atoms with E-state index in [0.717, 1.165) is 5.69 Å². The second-order valence-corrected chi connectivity index (χ2v) is 9.77. The maximum atomic E-state index is 13.8. The zero-order chi connectivity index (χ0) is 25.4. The van der Waals surface area contributed by atoms with Crippen molar-refractivity contribution in [3.63, 3.8) is 0 Å². The van der Waals surface area contributed by atoms with E-state index >= 15 is 0 Å². The van der Waals surface area contributed by atoms with Crippen molar-refractivity contribution in [2.45, 2.75) is 25.0 Å². The highest BCUT2D eigenvalue weighted by Crippen LogP contribution is 2.55. The number of ketones is 2. The summed E-state index contributed by atoms with van der Waals surface area (Å²) in [6.07, 6.45) is 0.248. The highest BCUT2D eigenvalue weighted by Gasteiger charge is 2.66. The van der Waals surface area contributed by atoms with Crippen LogP contribution in [0.25, 0.3) is 5.76 Å². The van der Waals surface area contributed by atoms with Crippen LogP contribution in [0.1, 0.15) is 18.1 Å². The average Bonchev–Trinajstić information content (AvgIpc) is 2.73. The summed E-state index contributed by atoms with van der Waals surface area (Å²) in [4.78, 5) is 42.4. The van der Waals surface area contributed by atoms with Crippen molar-refractivity contribution < 1.29 is 34.8 Å². The molecule has 6 N–H and O–H groups in total. The summed E-state index contributed by atoms with van der Waals surface area (Å²) in [7, 11) is 6.77. The summed E-state index contributed by atoms with van der Waals surface area (Å²) in [5.74, 6) is -7.22. The number of fused-ring (bicyclic) bond motifs is 3. The number of nitrogens with two attached hydrogens (primary N) is 1. The van der Waals surface area contributed by atoms with Crippen molar-refractivity contribution >= 4 is 28.9 Å². The SMILES string of the molecule is CC1[C@@H]2Cc3c(N(C)C)ccc(O)c3C(O)=C2C(=O)[C@]2(O)C(O)=C(C(N)=O)C(=O)[C@@H](N(C)C)[C@H]12. The van der Waals surface area contributed by atoms with Crippen molar-refractivity contribution in [1.82, 2.24) is 4.90 Å². The number of hydrogen-bond acceptors (Lipinski definition) is 9. The number of anilines is 1. The number of benzene rings is 1. The number of aliphatic hydroxyl groups excluding tert-OH is 2. The first-order valence-electron chi connectivity index (χ1n) is 10.9. The number of phenols is 1. The molecular formula is C24H29N3O7. The fourth-order valence-corrected chi connectivity index (χ4v) is 6.05. The third-order valence-corrected chi connectivity index (χ3v) is 7.56. The summed E-state index contributed by atoms with van der Waals surface area (Å²) in [5.41, 5.74) is 3.14. The van der Waals surface area contributed by atoms with Crippen LogP contribution in [0.2, 0.25) is 0 Å². The predicted molar refractivity (Wildman–Crippen MR) is 123 cm³/mol. The van der Waals surface area contributed by atoms with E-state index in [0.29, 0.717) is 5.56 Å². The fraction of sp³-hybridized carbons (Fsp3) is 0.458. The van der Waals surface area contributed by atoms with Crippen molar-refractivity contribution in [3.05, 3.63) is 40.2 Å². The molecule has 0 heterocycles. The Hall–Kier alpha value is -3.37. The van der Waals surface area contributed by atoms with Gasteiger partial charge in [0.05, 0.1) is 11.6 Å². The van der Waals surface area contributed by atoms with E-state index in [4.69, 9.17) is 5.73 Å². The maximum Gasteiger partial charge on any atom is 0.255 e. The molecule has 1 aromatic carbocycles. The van der Waals surface area contributed by atoms with Gasteiger partial charge in [0.2, 0.25) is 5.78 Å². The molecule has 1 amide bonds. The van der Waals surface area contributed by atoms with Crippen LogP contribution < -0.4 is 10.6 Å². The number of hydrogen-bond donors (Lipinski definition) is 5. The van der Waals surface area contributed by atoms with Crippen LogP contribution in [-0.4, -0.2) is 82.6 Å². The Morgan fingerprint density at radius 1 is 1.12 bits per heavy atom. The van der Waals surface area contributed by atoms with Gasteiger partial charge in [0.15, 0.2) is 11.4 Å². The Kier molecular flexibility index (Phi) is 5.30. The quantitative estimate of drug-likeness (QED) is 0.389. The molecule has 1 aromatic rings. The highest BCUT2D eigenvalue weighted by molar-refractivity contribution is 6.24. The van der Waals surface area contributed by atoms with Crippen molar-refractivity contribution in [2.24, 2.45) is 23.5 Å². The Morgan fingerprint density at radius 2 is 1.74 bits per heavy atom. The van der Waals surface area contributed by atoms with Gasteiger partial charge in [0, 0.05) is 31.3 Å². The zero-order valence-electron chi connectivity index (χ0n) is 19.7. The maximum absolute atomic E-state index is 13.8. The minimum absolute atomic E-state index is 0.0784. The lowest BCUT2D eigenvalue weighted by Gasteiger charge is -2.53. The molecule has 10 heteroatoms. The zero-order valence-corrected chi connectivity index (χ0v) is 19.7. The number of Topliss-reactive ketones (excluding diaryl/α,β-unsaturated/α-hetero) is 2. The van der Waals surface area contributed by atoms with E-state index in [-0.39, 0.29) is 23.3 Å². The van der Waals surface area contributed by atoms with E-state index in [1.165, 1.54) is 11.0 Å². The number of rotatable bonds is 3. The lowest BCUT2D eigenvalue weighted by Crippen LogP contribution is -2.68. The van der Waals surface area contributed by atoms with Crippen LogP contribution in [-0.2, 0) is 20.8 Å². The Balaban J connectivity index is 2.04. The number of primary amides is 1. The molecule has 0 saturated heterocycles. The second-order valence-electron chi connectivity index (χ2n) is 9.77. The van der Waals surface area contributed by atoms with Gasteiger partial charge >= 0.3 is 0 Å². The van der Waals surface area contributed by atoms with Crippen LogP contribution in [0.3, 0.4) is 0 Å². The molecule has 0 spiro atoms. The molecule has 1 unspecified atom stereocenters. The molecule has 5 atom stereocenters. The van der Waals surface area contributed by atoms with E-state index in [2.05, 4.69) is 0 Å². The standard InChI is InChI=1S/C24H29N3O7/c1-9-10-8-11-12(26(2)3)6-7-13(28)14(11)19(29)15(10)21(31)24(34)17(9)18(27(4)5)20(30)16(22(24)32)23(25)33/h6-7,9-10,17-18,28-29,32,34H,8H2,1-5H3,(H2,25,33)/t9?,10-,17-,18-,24-/m0/s1. The predicted octanol–water partition coefficient (Wildman–Crippen LogP) is 0.276. The van der Waals surface area contributed by atoms with Crippen molar-refractivity contribution in [3.8, 4) is 5.75 Å². The summed E-state index contributed by atoms with van der Waals surface area (Å²) in [6.45, 7) is 1.73. The van der Waals surface area contributed by atoms with Gasteiger partial charge in [0.1, 0.15) is 22.8 Å². The molecule has 1 saturated carbocycles. The van der Waals surface area contributed by atoms with Crippen molar-refractivity contribution in [1.29, 1.82) is 0 Å². The molecular weight excluding hydrogens is 442 g/mol. The number of carbonyl (C=O) groups is 3. The van der Waals surface area contributed by atoms with E-state index in [9.17, 15) is 34.8 Å². The van der Waals surface area contributed by atoms with Gasteiger partial charge in [-0.25, -0.2) is 0 Å². The smallest absolute Gasteiger partial charge is 0.255 e. The number of phenolic OH excluding ortho intramolecular Hbond substituents is 1. The Labute approximate surface area is 196 Å². The number of nitrogens with zero attached hydrogens (tertiary/aromatic N) is 2. The van der Waals surface area contributed by atoms with Crippen LogP contribution in [0, 0.1) is 17.8 Å². The molecule has 3 aliphatic carbocycles. The molecule has 1 fully saturated rings. The largest absolute Gasteiger partial charge is 0.508 e. The molecule has 0 aromatic heterocycles. The third-order valence-electron chi connectivity index (χ3n) is 7.56. The molecule has 4 rings (SSSR count). The third kappa shape index (κ3) is 2.85. The minimum Gasteiger partial charge on any atom is -0.508 e. The number of amides is 1. The first-order chi connectivity index (χ1) is 15.8. The molecule has 0 aliphatic heterocycles. The number of likely N-dealkylation sites (N-methyl/N-ethyl adjacent to an activating group) is 1. The average molecular weight is 472 g/mol. The summed E-state index contributed by atoms with van der Waals surface area (Å²) in [6, 6.07) is 1.99. The van der Waals surface area contributed by atoms with Crippen molar-refractivity contribution in [2.75, 3.05) is 33.1 Å². The molecule has 10 nitrogen and oxygen atoms in total. The second kappa shape index (κ2) is 7.57. The summed E-state index contributed by atoms with van der Waals surface area (Å²) in [5, 5.41) is 44.4. The van der Waals surface area contributed by atoms with E-state index in [1.807, 2.05) is 19.0 Å². The van der Waals surface area contributed by atoms with E-state index in [1.54, 1.807) is 27.1 Å². The van der Waals surface area contributed by atoms with Gasteiger partial charge < -0.3 is 31.1 Å². The number of carbonyl (C=O) groups excluding carboxylic acids is 3. The lowest BCUT2D eigenvalue weighted by molar-refractivity contribution is -0.159. The minimum atomic E-state index is -2.65. The first-order valence-corrected chi connectivity index (χ1v) is 10.9. The van der Waals surface area contributed by atoms with Crippen LogP contribution in [0.4, 0.5) is 5.69 Å². The molecule has 34 heavy (non-hydrogen) atoms. The highest BCUT2D eigenvalue weighted by atomic mass is 16.3. The fourth-order valence-electron chi connectivity index (χ4n) is 6.05. The van der Waals surface area contributed by atoms with Gasteiger partial charge in [-0.15, -0.1) is 0 Å². The van der Waals surface area contributed by atoms with E-state index < -0.39 is 64.0 Å². The molecule has 0 radical (unpaired) electrons. The Morgan fingerprint density at radius 3 is 2.26 bits per heavy atom. The molecule has 3 aliphatic rings. The normalized spacial score (nSPS) is 30.8. The van der Waals surface area contributed by atoms with Crippen LogP contribution in [0.15, 0.2) is 29.0 Å². The topological polar surface area (TPSA) is 165 Å². The summed E-state index contributed by atoms with van der Waals surface area (Å²) >= 11 is 0.